The van der Waals surface area contributed by atoms with Crippen LogP contribution >= 0.6 is 11.6 Å². The highest BCUT2D eigenvalue weighted by Gasteiger charge is 2.37. The molecule has 2 aliphatic rings. The molecule has 0 N–H and O–H groups in total. The summed E-state index contributed by atoms with van der Waals surface area (Å²) >= 11 is 6.51. The molecule has 38 heavy (non-hydrogen) atoms. The number of hydrogen-bond acceptors (Lipinski definition) is 6. The van der Waals surface area contributed by atoms with Crippen LogP contribution in [0.15, 0.2) is 42.0 Å². The second-order valence-electron chi connectivity index (χ2n) is 9.43. The van der Waals surface area contributed by atoms with Crippen molar-refractivity contribution in [3.8, 4) is 17.2 Å². The van der Waals surface area contributed by atoms with Crippen LogP contribution in [0.5, 0.6) is 17.2 Å². The number of amides is 4. The molecule has 1 aliphatic heterocycles. The van der Waals surface area contributed by atoms with E-state index in [-0.39, 0.29) is 17.2 Å². The van der Waals surface area contributed by atoms with Gasteiger partial charge in [0, 0.05) is 14.1 Å². The lowest BCUT2D eigenvalue weighted by atomic mass is 9.84. The van der Waals surface area contributed by atoms with Crippen LogP contribution in [0.4, 0.5) is 4.79 Å². The predicted molar refractivity (Wildman–Crippen MR) is 145 cm³/mol. The third-order valence-electron chi connectivity index (χ3n) is 6.84. The van der Waals surface area contributed by atoms with Gasteiger partial charge in [0.05, 0.1) is 11.6 Å². The van der Waals surface area contributed by atoms with Gasteiger partial charge in [-0.05, 0) is 67.2 Å². The largest absolute Gasteiger partial charge is 0.490 e. The molecule has 0 unspecified atom stereocenters. The summed E-state index contributed by atoms with van der Waals surface area (Å²) in [6.45, 7) is 2.73. The van der Waals surface area contributed by atoms with Crippen molar-refractivity contribution in [1.29, 1.82) is 0 Å². The third-order valence-corrected chi connectivity index (χ3v) is 7.12. The molecule has 9 heteroatoms. The fourth-order valence-electron chi connectivity index (χ4n) is 4.79. The van der Waals surface area contributed by atoms with Crippen LogP contribution in [0, 0.1) is 0 Å². The first-order chi connectivity index (χ1) is 18.3. The van der Waals surface area contributed by atoms with E-state index in [1.165, 1.54) is 57.8 Å². The van der Waals surface area contributed by atoms with Crippen molar-refractivity contribution in [2.45, 2.75) is 44.9 Å². The van der Waals surface area contributed by atoms with Gasteiger partial charge in [-0.15, -0.1) is 0 Å². The molecular formula is C29H33ClN2O6. The molecule has 4 amide bonds. The molecule has 202 valence electrons. The fourth-order valence-corrected chi connectivity index (χ4v) is 5.07. The van der Waals surface area contributed by atoms with Crippen LogP contribution in [0.25, 0.3) is 6.08 Å². The number of likely N-dealkylation sites (N-methyl/N-ethyl adjacent to an activating group) is 2. The molecule has 2 fully saturated rings. The normalized spacial score (nSPS) is 16.6. The number of barbiturate groups is 1. The molecule has 0 radical (unpaired) electrons. The minimum atomic E-state index is -0.684. The average Bonchev–Trinajstić information content (AvgIpc) is 2.93. The molecular weight excluding hydrogens is 508 g/mol. The molecule has 0 aromatic heterocycles. The van der Waals surface area contributed by atoms with Crippen molar-refractivity contribution in [3.63, 3.8) is 0 Å². The summed E-state index contributed by atoms with van der Waals surface area (Å²) in [7, 11) is 2.65. The fraction of sp³-hybridized carbons (Fsp3) is 0.414. The van der Waals surface area contributed by atoms with Crippen molar-refractivity contribution >= 4 is 35.5 Å². The van der Waals surface area contributed by atoms with Gasteiger partial charge in [-0.1, -0.05) is 43.0 Å². The molecule has 4 rings (SSSR count). The van der Waals surface area contributed by atoms with E-state index < -0.39 is 17.8 Å². The minimum absolute atomic E-state index is 0.148. The Labute approximate surface area is 228 Å². The summed E-state index contributed by atoms with van der Waals surface area (Å²) in [6, 6.07) is 10.8. The van der Waals surface area contributed by atoms with Crippen LogP contribution in [-0.4, -0.2) is 61.6 Å². The van der Waals surface area contributed by atoms with E-state index in [9.17, 15) is 14.4 Å². The number of carbonyl (C=O) groups is 3. The monoisotopic (exact) mass is 540 g/mol. The number of nitrogens with zero attached hydrogens (tertiary/aromatic N) is 2. The zero-order chi connectivity index (χ0) is 27.2. The van der Waals surface area contributed by atoms with Gasteiger partial charge in [-0.2, -0.15) is 0 Å². The molecule has 0 spiro atoms. The molecule has 1 saturated heterocycles. The Balaban J connectivity index is 1.41. The van der Waals surface area contributed by atoms with Gasteiger partial charge in [0.25, 0.3) is 11.8 Å². The first kappa shape index (κ1) is 27.5. The summed E-state index contributed by atoms with van der Waals surface area (Å²) in [6.07, 6.45) is 7.85. The summed E-state index contributed by atoms with van der Waals surface area (Å²) < 4.78 is 17.5. The highest BCUT2D eigenvalue weighted by Crippen LogP contribution is 2.38. The summed E-state index contributed by atoms with van der Waals surface area (Å²) in [5.74, 6) is 0.779. The number of rotatable bonds is 9. The maximum atomic E-state index is 12.5. The lowest BCUT2D eigenvalue weighted by Gasteiger charge is -2.28. The number of hydrogen-bond donors (Lipinski definition) is 0. The van der Waals surface area contributed by atoms with Crippen LogP contribution < -0.4 is 14.2 Å². The molecule has 8 nitrogen and oxygen atoms in total. The van der Waals surface area contributed by atoms with Crippen molar-refractivity contribution in [2.75, 3.05) is 33.9 Å². The number of ether oxygens (including phenoxy) is 3. The quantitative estimate of drug-likeness (QED) is 0.231. The van der Waals surface area contributed by atoms with Crippen LogP contribution in [0.1, 0.15) is 56.1 Å². The van der Waals surface area contributed by atoms with E-state index in [1.54, 1.807) is 12.1 Å². The Morgan fingerprint density at radius 2 is 1.53 bits per heavy atom. The van der Waals surface area contributed by atoms with Gasteiger partial charge >= 0.3 is 6.03 Å². The van der Waals surface area contributed by atoms with Gasteiger partial charge in [0.1, 0.15) is 24.5 Å². The Morgan fingerprint density at radius 3 is 2.16 bits per heavy atom. The Kier molecular flexibility index (Phi) is 8.94. The lowest BCUT2D eigenvalue weighted by Crippen LogP contribution is -2.52. The Bertz CT molecular complexity index is 1190. The maximum Gasteiger partial charge on any atom is 0.333 e. The zero-order valence-electron chi connectivity index (χ0n) is 22.0. The SMILES string of the molecule is CCOc1cc(C=C2C(=O)N(C)C(=O)N(C)C2=O)cc(Cl)c1OCCOc1ccc(C2CCCCC2)cc1. The number of benzene rings is 2. The molecule has 2 aromatic carbocycles. The maximum absolute atomic E-state index is 12.5. The van der Waals surface area contributed by atoms with Crippen molar-refractivity contribution in [2.24, 2.45) is 0 Å². The predicted octanol–water partition coefficient (Wildman–Crippen LogP) is 5.68. The summed E-state index contributed by atoms with van der Waals surface area (Å²) in [4.78, 5) is 38.8. The van der Waals surface area contributed by atoms with E-state index in [1.807, 2.05) is 19.1 Å². The highest BCUT2D eigenvalue weighted by atomic mass is 35.5. The topological polar surface area (TPSA) is 85.4 Å². The lowest BCUT2D eigenvalue weighted by molar-refractivity contribution is -0.134. The Morgan fingerprint density at radius 1 is 0.895 bits per heavy atom. The smallest absolute Gasteiger partial charge is 0.333 e. The van der Waals surface area contributed by atoms with Crippen LogP contribution in [0.2, 0.25) is 5.02 Å². The third kappa shape index (κ3) is 6.13. The van der Waals surface area contributed by atoms with Crippen LogP contribution in [0.3, 0.4) is 0 Å². The summed E-state index contributed by atoms with van der Waals surface area (Å²) in [5, 5.41) is 0.258. The van der Waals surface area contributed by atoms with Gasteiger partial charge in [-0.3, -0.25) is 19.4 Å². The second kappa shape index (κ2) is 12.3. The first-order valence-electron chi connectivity index (χ1n) is 12.9. The van der Waals surface area contributed by atoms with E-state index in [4.69, 9.17) is 25.8 Å². The average molecular weight is 541 g/mol. The number of carbonyl (C=O) groups excluding carboxylic acids is 3. The van der Waals surface area contributed by atoms with E-state index >= 15 is 0 Å². The van der Waals surface area contributed by atoms with Crippen molar-refractivity contribution in [3.05, 3.63) is 58.1 Å². The zero-order valence-corrected chi connectivity index (χ0v) is 22.8. The minimum Gasteiger partial charge on any atom is -0.490 e. The van der Waals surface area contributed by atoms with Gasteiger partial charge in [0.15, 0.2) is 11.5 Å². The standard InChI is InChI=1S/C29H33ClN2O6/c1-4-36-25-18-19(16-23-27(33)31(2)29(35)32(3)28(23)34)17-24(30)26(25)38-15-14-37-22-12-10-21(11-13-22)20-8-6-5-7-9-20/h10-13,16-18,20H,4-9,14-15H2,1-3H3. The molecule has 0 bridgehead atoms. The van der Waals surface area contributed by atoms with E-state index in [0.717, 1.165) is 15.5 Å². The van der Waals surface area contributed by atoms with Crippen molar-refractivity contribution in [1.82, 2.24) is 9.80 Å². The molecule has 1 heterocycles. The first-order valence-corrected chi connectivity index (χ1v) is 13.3. The van der Waals surface area contributed by atoms with Crippen LogP contribution in [-0.2, 0) is 9.59 Å². The van der Waals surface area contributed by atoms with Crippen molar-refractivity contribution < 1.29 is 28.6 Å². The molecule has 0 atom stereocenters. The molecule has 1 aliphatic carbocycles. The number of imide groups is 2. The molecule has 2 aromatic rings. The molecule has 1 saturated carbocycles. The van der Waals surface area contributed by atoms with E-state index in [0.29, 0.717) is 36.2 Å². The highest BCUT2D eigenvalue weighted by molar-refractivity contribution is 6.33. The second-order valence-corrected chi connectivity index (χ2v) is 9.84. The van der Waals surface area contributed by atoms with Gasteiger partial charge < -0.3 is 14.2 Å². The number of halogens is 1. The van der Waals surface area contributed by atoms with Gasteiger partial charge in [-0.25, -0.2) is 4.79 Å². The summed E-state index contributed by atoms with van der Waals surface area (Å²) in [5.41, 5.74) is 1.69. The van der Waals surface area contributed by atoms with Gasteiger partial charge in [0.2, 0.25) is 0 Å². The Hall–Kier alpha value is -3.52. The van der Waals surface area contributed by atoms with E-state index in [2.05, 4.69) is 12.1 Å². The number of urea groups is 1.